The SMILES string of the molecule is COc1ccccc1-c1noc(CN2C(=O)NC(Cc3c[nH]c4ccccc34)C2=O)n1. The summed E-state index contributed by atoms with van der Waals surface area (Å²) in [4.78, 5) is 33.9. The van der Waals surface area contributed by atoms with Gasteiger partial charge in [-0.3, -0.25) is 9.69 Å². The molecule has 9 heteroatoms. The van der Waals surface area contributed by atoms with Crippen molar-refractivity contribution in [2.45, 2.75) is 19.0 Å². The van der Waals surface area contributed by atoms with E-state index in [1.54, 1.807) is 19.2 Å². The van der Waals surface area contributed by atoms with Crippen LogP contribution in [0.2, 0.25) is 0 Å². The highest BCUT2D eigenvalue weighted by Crippen LogP contribution is 2.27. The van der Waals surface area contributed by atoms with Crippen LogP contribution in [0.15, 0.2) is 59.3 Å². The van der Waals surface area contributed by atoms with Crippen molar-refractivity contribution in [3.63, 3.8) is 0 Å². The number of nitrogens with zero attached hydrogens (tertiary/aromatic N) is 3. The summed E-state index contributed by atoms with van der Waals surface area (Å²) in [6.45, 7) is -0.1000. The van der Waals surface area contributed by atoms with Crippen molar-refractivity contribution in [2.75, 3.05) is 7.11 Å². The van der Waals surface area contributed by atoms with Gasteiger partial charge in [0.15, 0.2) is 0 Å². The number of aromatic nitrogens is 3. The van der Waals surface area contributed by atoms with Gasteiger partial charge in [0.2, 0.25) is 11.7 Å². The number of nitrogens with one attached hydrogen (secondary N) is 2. The molecular weight excluding hydrogens is 398 g/mol. The number of hydrogen-bond acceptors (Lipinski definition) is 6. The van der Waals surface area contributed by atoms with Crippen LogP contribution in [0.4, 0.5) is 4.79 Å². The summed E-state index contributed by atoms with van der Waals surface area (Å²) in [6.07, 6.45) is 2.26. The summed E-state index contributed by atoms with van der Waals surface area (Å²) in [6, 6.07) is 14.0. The maximum atomic E-state index is 12.9. The first kappa shape index (κ1) is 18.9. The highest BCUT2D eigenvalue weighted by Gasteiger charge is 2.39. The highest BCUT2D eigenvalue weighted by molar-refractivity contribution is 6.04. The van der Waals surface area contributed by atoms with Crippen LogP contribution >= 0.6 is 0 Å². The lowest BCUT2D eigenvalue weighted by molar-refractivity contribution is -0.128. The van der Waals surface area contributed by atoms with E-state index in [0.717, 1.165) is 21.4 Å². The Hall–Kier alpha value is -4.14. The van der Waals surface area contributed by atoms with E-state index in [-0.39, 0.29) is 18.3 Å². The Morgan fingerprint density at radius 1 is 1.13 bits per heavy atom. The molecule has 1 saturated heterocycles. The summed E-state index contributed by atoms with van der Waals surface area (Å²) >= 11 is 0. The number of carbonyl (C=O) groups excluding carboxylic acids is 2. The number of amides is 3. The maximum absolute atomic E-state index is 12.9. The average molecular weight is 417 g/mol. The number of urea groups is 1. The summed E-state index contributed by atoms with van der Waals surface area (Å²) < 4.78 is 10.6. The van der Waals surface area contributed by atoms with Crippen molar-refractivity contribution < 1.29 is 18.8 Å². The molecule has 0 radical (unpaired) electrons. The largest absolute Gasteiger partial charge is 0.496 e. The molecule has 1 atom stereocenters. The number of methoxy groups -OCH3 is 1. The van der Waals surface area contributed by atoms with E-state index in [1.165, 1.54) is 0 Å². The van der Waals surface area contributed by atoms with Crippen LogP contribution in [0, 0.1) is 0 Å². The minimum absolute atomic E-state index is 0.1000. The number of hydrogen-bond donors (Lipinski definition) is 2. The molecule has 4 aromatic rings. The fourth-order valence-electron chi connectivity index (χ4n) is 3.78. The molecule has 156 valence electrons. The molecule has 31 heavy (non-hydrogen) atoms. The van der Waals surface area contributed by atoms with Gasteiger partial charge >= 0.3 is 6.03 Å². The highest BCUT2D eigenvalue weighted by atomic mass is 16.5. The van der Waals surface area contributed by atoms with Crippen molar-refractivity contribution in [3.8, 4) is 17.1 Å². The molecule has 0 spiro atoms. The molecule has 1 aliphatic rings. The van der Waals surface area contributed by atoms with Gasteiger partial charge in [0.05, 0.1) is 12.7 Å². The van der Waals surface area contributed by atoms with Gasteiger partial charge in [-0.1, -0.05) is 35.5 Å². The van der Waals surface area contributed by atoms with Gasteiger partial charge in [-0.2, -0.15) is 4.98 Å². The molecule has 9 nitrogen and oxygen atoms in total. The number of ether oxygens (including phenoxy) is 1. The molecule has 5 rings (SSSR count). The zero-order valence-corrected chi connectivity index (χ0v) is 16.7. The minimum atomic E-state index is -0.650. The number of aromatic amines is 1. The zero-order chi connectivity index (χ0) is 21.4. The predicted molar refractivity (Wildman–Crippen MR) is 111 cm³/mol. The lowest BCUT2D eigenvalue weighted by Crippen LogP contribution is -2.32. The first-order valence-corrected chi connectivity index (χ1v) is 9.77. The third-order valence-electron chi connectivity index (χ3n) is 5.32. The van der Waals surface area contributed by atoms with E-state index in [2.05, 4.69) is 20.4 Å². The lowest BCUT2D eigenvalue weighted by Gasteiger charge is -2.10. The molecule has 0 aliphatic carbocycles. The molecular formula is C22H19N5O4. The standard InChI is InChI=1S/C22H19N5O4/c1-30-18-9-5-3-7-15(18)20-25-19(31-26-20)12-27-21(28)17(24-22(27)29)10-13-11-23-16-8-4-2-6-14(13)16/h2-9,11,17,23H,10,12H2,1H3,(H,24,29). The first-order chi connectivity index (χ1) is 15.1. The summed E-state index contributed by atoms with van der Waals surface area (Å²) in [5, 5.41) is 7.74. The monoisotopic (exact) mass is 417 g/mol. The number of rotatable bonds is 6. The van der Waals surface area contributed by atoms with Crippen molar-refractivity contribution in [1.29, 1.82) is 0 Å². The van der Waals surface area contributed by atoms with Gasteiger partial charge < -0.3 is 19.6 Å². The number of imide groups is 1. The average Bonchev–Trinajstić information content (AvgIpc) is 3.49. The zero-order valence-electron chi connectivity index (χ0n) is 16.7. The first-order valence-electron chi connectivity index (χ1n) is 9.77. The number of para-hydroxylation sites is 2. The number of H-pyrrole nitrogens is 1. The van der Waals surface area contributed by atoms with Crippen molar-refractivity contribution in [1.82, 2.24) is 25.3 Å². The molecule has 3 heterocycles. The third-order valence-corrected chi connectivity index (χ3v) is 5.32. The van der Waals surface area contributed by atoms with E-state index in [1.807, 2.05) is 42.6 Å². The lowest BCUT2D eigenvalue weighted by atomic mass is 10.1. The van der Waals surface area contributed by atoms with E-state index < -0.39 is 12.1 Å². The van der Waals surface area contributed by atoms with Crippen LogP contribution in [-0.2, 0) is 17.8 Å². The molecule has 2 N–H and O–H groups in total. The Balaban J connectivity index is 1.32. The van der Waals surface area contributed by atoms with Crippen molar-refractivity contribution >= 4 is 22.8 Å². The Bertz CT molecular complexity index is 1280. The van der Waals surface area contributed by atoms with Crippen LogP contribution in [0.1, 0.15) is 11.5 Å². The molecule has 0 bridgehead atoms. The third kappa shape index (κ3) is 3.39. The molecule has 2 aromatic heterocycles. The quantitative estimate of drug-likeness (QED) is 0.467. The number of benzene rings is 2. The van der Waals surface area contributed by atoms with Gasteiger partial charge in [0.25, 0.3) is 5.91 Å². The van der Waals surface area contributed by atoms with Gasteiger partial charge in [-0.25, -0.2) is 4.79 Å². The van der Waals surface area contributed by atoms with Crippen LogP contribution in [0.25, 0.3) is 22.3 Å². The normalized spacial score (nSPS) is 16.2. The van der Waals surface area contributed by atoms with Crippen molar-refractivity contribution in [3.05, 3.63) is 66.2 Å². The second-order valence-electron chi connectivity index (χ2n) is 7.20. The van der Waals surface area contributed by atoms with E-state index in [9.17, 15) is 9.59 Å². The Labute approximate surface area is 177 Å². The van der Waals surface area contributed by atoms with Crippen molar-refractivity contribution in [2.24, 2.45) is 0 Å². The number of carbonyl (C=O) groups is 2. The molecule has 1 unspecified atom stereocenters. The van der Waals surface area contributed by atoms with Gasteiger partial charge in [0.1, 0.15) is 18.3 Å². The summed E-state index contributed by atoms with van der Waals surface area (Å²) in [7, 11) is 1.56. The Kier molecular flexibility index (Phi) is 4.62. The van der Waals surface area contributed by atoms with Crippen LogP contribution in [-0.4, -0.2) is 45.1 Å². The van der Waals surface area contributed by atoms with Crippen LogP contribution in [0.5, 0.6) is 5.75 Å². The second kappa shape index (κ2) is 7.60. The maximum Gasteiger partial charge on any atom is 0.325 e. The predicted octanol–water partition coefficient (Wildman–Crippen LogP) is 2.89. The van der Waals surface area contributed by atoms with E-state index in [0.29, 0.717) is 23.6 Å². The summed E-state index contributed by atoms with van der Waals surface area (Å²) in [5.41, 5.74) is 2.61. The van der Waals surface area contributed by atoms with Gasteiger partial charge in [-0.05, 0) is 23.8 Å². The van der Waals surface area contributed by atoms with E-state index >= 15 is 0 Å². The fraction of sp³-hybridized carbons (Fsp3) is 0.182. The molecule has 0 saturated carbocycles. The molecule has 3 amide bonds. The second-order valence-corrected chi connectivity index (χ2v) is 7.20. The smallest absolute Gasteiger partial charge is 0.325 e. The van der Waals surface area contributed by atoms with Crippen LogP contribution in [0.3, 0.4) is 0 Å². The summed E-state index contributed by atoms with van der Waals surface area (Å²) in [5.74, 6) is 0.767. The van der Waals surface area contributed by atoms with Gasteiger partial charge in [-0.15, -0.1) is 0 Å². The van der Waals surface area contributed by atoms with E-state index in [4.69, 9.17) is 9.26 Å². The molecule has 2 aromatic carbocycles. The topological polar surface area (TPSA) is 113 Å². The Morgan fingerprint density at radius 3 is 2.81 bits per heavy atom. The molecule has 1 fully saturated rings. The Morgan fingerprint density at radius 2 is 1.94 bits per heavy atom. The minimum Gasteiger partial charge on any atom is -0.496 e. The van der Waals surface area contributed by atoms with Gasteiger partial charge in [0, 0.05) is 23.5 Å². The fourth-order valence-corrected chi connectivity index (χ4v) is 3.78. The van der Waals surface area contributed by atoms with Crippen LogP contribution < -0.4 is 10.1 Å². The number of fused-ring (bicyclic) bond motifs is 1. The molecule has 1 aliphatic heterocycles.